The molecule has 0 spiro atoms. The summed E-state index contributed by atoms with van der Waals surface area (Å²) in [6.45, 7) is 0.116. The van der Waals surface area contributed by atoms with Gasteiger partial charge in [-0.05, 0) is 23.8 Å². The maximum absolute atomic E-state index is 9.70. The number of hydrogen-bond acceptors (Lipinski definition) is 6. The summed E-state index contributed by atoms with van der Waals surface area (Å²) in [6, 6.07) is 12.1. The summed E-state index contributed by atoms with van der Waals surface area (Å²) in [5.41, 5.74) is 7.69. The van der Waals surface area contributed by atoms with Crippen molar-refractivity contribution in [3.05, 3.63) is 59.0 Å². The van der Waals surface area contributed by atoms with Gasteiger partial charge in [-0.15, -0.1) is 6.42 Å². The smallest absolute Gasteiger partial charge is 0.205 e. The number of nitriles is 1. The van der Waals surface area contributed by atoms with Crippen molar-refractivity contribution < 1.29 is 19.3 Å². The Hall–Kier alpha value is -3.77. The van der Waals surface area contributed by atoms with Gasteiger partial charge in [-0.2, -0.15) is 5.26 Å². The highest BCUT2D eigenvalue weighted by atomic mass is 16.5. The number of rotatable bonds is 4. The van der Waals surface area contributed by atoms with Gasteiger partial charge in [-0.25, -0.2) is 0 Å². The Kier molecular flexibility index (Phi) is 4.59. The standard InChI is InChI=1S/C20H16N2O4/c1-3-8-25-16-7-4-12(9-18(16)24-2)19-14-6-5-13(23)10-17(14)26-20(22)15(19)11-21/h1,4-7,9-10,19,23H,8,22H2,2H3. The first-order valence-corrected chi connectivity index (χ1v) is 7.73. The van der Waals surface area contributed by atoms with Gasteiger partial charge in [0, 0.05) is 11.6 Å². The number of hydrogen-bond donors (Lipinski definition) is 2. The highest BCUT2D eigenvalue weighted by Gasteiger charge is 2.31. The Morgan fingerprint density at radius 1 is 1.27 bits per heavy atom. The predicted molar refractivity (Wildman–Crippen MR) is 94.7 cm³/mol. The van der Waals surface area contributed by atoms with Gasteiger partial charge >= 0.3 is 0 Å². The first kappa shape index (κ1) is 17.1. The normalized spacial score (nSPS) is 15.3. The lowest BCUT2D eigenvalue weighted by molar-refractivity contribution is 0.330. The van der Waals surface area contributed by atoms with E-state index in [0.717, 1.165) is 5.56 Å². The minimum Gasteiger partial charge on any atom is -0.508 e. The van der Waals surface area contributed by atoms with E-state index in [-0.39, 0.29) is 23.8 Å². The van der Waals surface area contributed by atoms with Crippen LogP contribution in [0, 0.1) is 23.7 Å². The second kappa shape index (κ2) is 7.00. The second-order valence-corrected chi connectivity index (χ2v) is 5.55. The third kappa shape index (κ3) is 2.97. The fourth-order valence-electron chi connectivity index (χ4n) is 2.89. The molecule has 0 saturated carbocycles. The van der Waals surface area contributed by atoms with Gasteiger partial charge in [-0.3, -0.25) is 0 Å². The molecule has 130 valence electrons. The summed E-state index contributed by atoms with van der Waals surface area (Å²) in [6.07, 6.45) is 5.23. The lowest BCUT2D eigenvalue weighted by Gasteiger charge is -2.27. The van der Waals surface area contributed by atoms with Crippen LogP contribution in [-0.2, 0) is 0 Å². The number of nitrogens with two attached hydrogens (primary N) is 1. The molecule has 6 nitrogen and oxygen atoms in total. The number of benzene rings is 2. The van der Waals surface area contributed by atoms with E-state index < -0.39 is 5.92 Å². The Morgan fingerprint density at radius 2 is 2.08 bits per heavy atom. The molecule has 0 saturated heterocycles. The third-order valence-corrected chi connectivity index (χ3v) is 4.03. The zero-order valence-corrected chi connectivity index (χ0v) is 14.0. The van der Waals surface area contributed by atoms with Crippen molar-refractivity contribution in [3.8, 4) is 41.4 Å². The van der Waals surface area contributed by atoms with Crippen molar-refractivity contribution in [1.29, 1.82) is 5.26 Å². The van der Waals surface area contributed by atoms with Gasteiger partial charge in [0.05, 0.1) is 13.0 Å². The van der Waals surface area contributed by atoms with E-state index in [1.54, 1.807) is 18.2 Å². The number of fused-ring (bicyclic) bond motifs is 1. The SMILES string of the molecule is C#CCOc1ccc(C2C(C#N)=C(N)Oc3cc(O)ccc32)cc1OC. The molecule has 1 atom stereocenters. The maximum atomic E-state index is 9.70. The zero-order valence-electron chi connectivity index (χ0n) is 14.0. The summed E-state index contributed by atoms with van der Waals surface area (Å²) in [7, 11) is 1.52. The Bertz CT molecular complexity index is 967. The van der Waals surface area contributed by atoms with Crippen LogP contribution in [0.15, 0.2) is 47.9 Å². The van der Waals surface area contributed by atoms with E-state index in [1.807, 2.05) is 6.07 Å². The molecular formula is C20H16N2O4. The topological polar surface area (TPSA) is 97.7 Å². The fourth-order valence-corrected chi connectivity index (χ4v) is 2.89. The van der Waals surface area contributed by atoms with E-state index in [0.29, 0.717) is 22.8 Å². The van der Waals surface area contributed by atoms with Crippen LogP contribution in [0.4, 0.5) is 0 Å². The summed E-state index contributed by atoms with van der Waals surface area (Å²) >= 11 is 0. The summed E-state index contributed by atoms with van der Waals surface area (Å²) in [5, 5.41) is 19.3. The first-order valence-electron chi connectivity index (χ1n) is 7.73. The molecule has 3 rings (SSSR count). The van der Waals surface area contributed by atoms with Gasteiger partial charge in [0.2, 0.25) is 5.88 Å². The monoisotopic (exact) mass is 348 g/mol. The number of terminal acetylenes is 1. The van der Waals surface area contributed by atoms with Crippen molar-refractivity contribution in [2.45, 2.75) is 5.92 Å². The third-order valence-electron chi connectivity index (χ3n) is 4.03. The van der Waals surface area contributed by atoms with Crippen LogP contribution in [0.2, 0.25) is 0 Å². The highest BCUT2D eigenvalue weighted by molar-refractivity contribution is 5.58. The largest absolute Gasteiger partial charge is 0.508 e. The van der Waals surface area contributed by atoms with Crippen LogP contribution in [0.3, 0.4) is 0 Å². The number of phenolic OH excluding ortho intramolecular Hbond substituents is 1. The molecule has 1 unspecified atom stereocenters. The van der Waals surface area contributed by atoms with E-state index in [1.165, 1.54) is 19.2 Å². The zero-order chi connectivity index (χ0) is 18.7. The molecule has 0 aliphatic carbocycles. The average molecular weight is 348 g/mol. The highest BCUT2D eigenvalue weighted by Crippen LogP contribution is 2.44. The Labute approximate surface area is 151 Å². The van der Waals surface area contributed by atoms with Gasteiger partial charge in [0.1, 0.15) is 29.7 Å². The van der Waals surface area contributed by atoms with Crippen molar-refractivity contribution in [2.75, 3.05) is 13.7 Å². The lowest BCUT2D eigenvalue weighted by atomic mass is 9.83. The van der Waals surface area contributed by atoms with Gasteiger partial charge in [0.25, 0.3) is 0 Å². The summed E-state index contributed by atoms with van der Waals surface area (Å²) in [5.74, 6) is 3.38. The van der Waals surface area contributed by atoms with Gasteiger partial charge in [-0.1, -0.05) is 18.1 Å². The first-order chi connectivity index (χ1) is 12.6. The number of ether oxygens (including phenoxy) is 3. The minimum atomic E-state index is -0.458. The number of nitrogens with zero attached hydrogens (tertiary/aromatic N) is 1. The van der Waals surface area contributed by atoms with Crippen LogP contribution in [0.1, 0.15) is 17.0 Å². The number of methoxy groups -OCH3 is 1. The second-order valence-electron chi connectivity index (χ2n) is 5.55. The quantitative estimate of drug-likeness (QED) is 0.824. The number of aromatic hydroxyl groups is 1. The van der Waals surface area contributed by atoms with Crippen molar-refractivity contribution in [1.82, 2.24) is 0 Å². The molecular weight excluding hydrogens is 332 g/mol. The molecule has 3 N–H and O–H groups in total. The fraction of sp³-hybridized carbons (Fsp3) is 0.150. The predicted octanol–water partition coefficient (Wildman–Crippen LogP) is 2.63. The van der Waals surface area contributed by atoms with Gasteiger partial charge in [0.15, 0.2) is 11.5 Å². The summed E-state index contributed by atoms with van der Waals surface area (Å²) in [4.78, 5) is 0. The van der Waals surface area contributed by atoms with Crippen LogP contribution in [0.25, 0.3) is 0 Å². The van der Waals surface area contributed by atoms with Crippen molar-refractivity contribution >= 4 is 0 Å². The lowest BCUT2D eigenvalue weighted by Crippen LogP contribution is -2.21. The van der Waals surface area contributed by atoms with E-state index in [4.69, 9.17) is 26.4 Å². The van der Waals surface area contributed by atoms with Crippen LogP contribution in [-0.4, -0.2) is 18.8 Å². The number of allylic oxidation sites excluding steroid dienone is 1. The molecule has 1 aliphatic heterocycles. The van der Waals surface area contributed by atoms with Crippen LogP contribution >= 0.6 is 0 Å². The molecule has 2 aromatic rings. The minimum absolute atomic E-state index is 0.00206. The van der Waals surface area contributed by atoms with Crippen molar-refractivity contribution in [2.24, 2.45) is 5.73 Å². The van der Waals surface area contributed by atoms with E-state index in [9.17, 15) is 10.4 Å². The molecule has 2 aromatic carbocycles. The molecule has 0 bridgehead atoms. The summed E-state index contributed by atoms with van der Waals surface area (Å²) < 4.78 is 16.3. The Balaban J connectivity index is 2.13. The molecule has 6 heteroatoms. The molecule has 0 radical (unpaired) electrons. The molecule has 1 heterocycles. The molecule has 1 aliphatic rings. The molecule has 0 aromatic heterocycles. The number of phenols is 1. The van der Waals surface area contributed by atoms with Crippen LogP contribution in [0.5, 0.6) is 23.0 Å². The van der Waals surface area contributed by atoms with E-state index in [2.05, 4.69) is 12.0 Å². The van der Waals surface area contributed by atoms with Crippen molar-refractivity contribution in [3.63, 3.8) is 0 Å². The molecule has 0 fully saturated rings. The van der Waals surface area contributed by atoms with Crippen LogP contribution < -0.4 is 19.9 Å². The molecule has 26 heavy (non-hydrogen) atoms. The maximum Gasteiger partial charge on any atom is 0.205 e. The average Bonchev–Trinajstić information content (AvgIpc) is 2.65. The Morgan fingerprint density at radius 3 is 2.77 bits per heavy atom. The molecule has 0 amide bonds. The van der Waals surface area contributed by atoms with E-state index >= 15 is 0 Å². The van der Waals surface area contributed by atoms with Gasteiger partial charge < -0.3 is 25.1 Å².